The minimum absolute atomic E-state index is 0.0917. The molecule has 2 unspecified atom stereocenters. The van der Waals surface area contributed by atoms with E-state index in [4.69, 9.17) is 5.73 Å². The van der Waals surface area contributed by atoms with Crippen molar-refractivity contribution in [2.75, 3.05) is 0 Å². The third-order valence-electron chi connectivity index (χ3n) is 3.46. The lowest BCUT2D eigenvalue weighted by molar-refractivity contribution is 0.721. The van der Waals surface area contributed by atoms with E-state index in [1.807, 2.05) is 17.8 Å². The van der Waals surface area contributed by atoms with Gasteiger partial charge in [0.1, 0.15) is 0 Å². The first-order valence-electron chi connectivity index (χ1n) is 7.25. The Morgan fingerprint density at radius 3 is 2.14 bits per heavy atom. The lowest BCUT2D eigenvalue weighted by Gasteiger charge is -2.21. The maximum absolute atomic E-state index is 6.21. The Morgan fingerprint density at radius 2 is 1.62 bits per heavy atom. The Labute approximate surface area is 140 Å². The molecule has 2 N–H and O–H groups in total. The van der Waals surface area contributed by atoms with Gasteiger partial charge in [0, 0.05) is 20.7 Å². The lowest BCUT2D eigenvalue weighted by Crippen LogP contribution is -2.22. The molecule has 0 spiro atoms. The Morgan fingerprint density at radius 1 is 0.952 bits per heavy atom. The fourth-order valence-corrected chi connectivity index (χ4v) is 3.74. The molecule has 112 valence electrons. The van der Waals surface area contributed by atoms with E-state index < -0.39 is 0 Å². The van der Waals surface area contributed by atoms with Gasteiger partial charge in [-0.2, -0.15) is 0 Å². The van der Waals surface area contributed by atoms with Crippen LogP contribution in [0, 0.1) is 0 Å². The zero-order chi connectivity index (χ0) is 15.4. The van der Waals surface area contributed by atoms with Crippen LogP contribution in [0.4, 0.5) is 0 Å². The highest BCUT2D eigenvalue weighted by molar-refractivity contribution is 9.10. The molecule has 0 aromatic heterocycles. The first-order chi connectivity index (χ1) is 9.97. The van der Waals surface area contributed by atoms with Gasteiger partial charge in [-0.3, -0.25) is 0 Å². The first-order valence-corrected chi connectivity index (χ1v) is 8.92. The summed E-state index contributed by atoms with van der Waals surface area (Å²) in [6.45, 7) is 6.50. The van der Waals surface area contributed by atoms with Crippen molar-refractivity contribution in [1.82, 2.24) is 0 Å². The highest BCUT2D eigenvalue weighted by Gasteiger charge is 2.18. The van der Waals surface area contributed by atoms with Gasteiger partial charge in [-0.05, 0) is 48.2 Å². The summed E-state index contributed by atoms with van der Waals surface area (Å²) in [5.74, 6) is 0.568. The Bertz CT molecular complexity index is 578. The molecule has 0 saturated heterocycles. The second-order valence-electron chi connectivity index (χ2n) is 5.68. The summed E-state index contributed by atoms with van der Waals surface area (Å²) in [5, 5.41) is 0.257. The van der Waals surface area contributed by atoms with Gasteiger partial charge in [-0.25, -0.2) is 0 Å². The van der Waals surface area contributed by atoms with Gasteiger partial charge in [0.15, 0.2) is 0 Å². The maximum Gasteiger partial charge on any atom is 0.0493 e. The normalized spacial score (nSPS) is 14.2. The molecule has 0 amide bonds. The number of nitrogens with two attached hydrogens (primary N) is 1. The number of rotatable bonds is 5. The largest absolute Gasteiger partial charge is 0.327 e. The summed E-state index contributed by atoms with van der Waals surface area (Å²) >= 11 is 5.37. The average molecular weight is 364 g/mol. The van der Waals surface area contributed by atoms with Crippen LogP contribution in [0.25, 0.3) is 0 Å². The van der Waals surface area contributed by atoms with E-state index >= 15 is 0 Å². The molecular formula is C18H22BrNS. The van der Waals surface area contributed by atoms with E-state index in [0.717, 1.165) is 4.47 Å². The van der Waals surface area contributed by atoms with Gasteiger partial charge in [0.2, 0.25) is 0 Å². The van der Waals surface area contributed by atoms with Gasteiger partial charge in [-0.1, -0.05) is 54.0 Å². The van der Waals surface area contributed by atoms with Crippen molar-refractivity contribution in [2.24, 2.45) is 5.73 Å². The van der Waals surface area contributed by atoms with Gasteiger partial charge in [0.05, 0.1) is 0 Å². The van der Waals surface area contributed by atoms with Crippen LogP contribution in [0.15, 0.2) is 57.9 Å². The second-order valence-corrected chi connectivity index (χ2v) is 7.81. The van der Waals surface area contributed by atoms with Gasteiger partial charge < -0.3 is 5.73 Å². The molecule has 0 radical (unpaired) electrons. The van der Waals surface area contributed by atoms with Gasteiger partial charge in [0.25, 0.3) is 0 Å². The predicted molar refractivity (Wildman–Crippen MR) is 96.9 cm³/mol. The van der Waals surface area contributed by atoms with Crippen LogP contribution in [-0.4, -0.2) is 6.04 Å². The molecule has 0 saturated carbocycles. The van der Waals surface area contributed by atoms with Crippen LogP contribution < -0.4 is 5.73 Å². The van der Waals surface area contributed by atoms with Gasteiger partial charge in [-0.15, -0.1) is 11.8 Å². The number of thioether (sulfide) groups is 1. The predicted octanol–water partition coefficient (Wildman–Crippen LogP) is 5.75. The van der Waals surface area contributed by atoms with E-state index in [1.165, 1.54) is 16.0 Å². The molecule has 2 aromatic rings. The molecule has 2 rings (SSSR count). The highest BCUT2D eigenvalue weighted by atomic mass is 79.9. The van der Waals surface area contributed by atoms with Crippen LogP contribution in [0.2, 0.25) is 0 Å². The second kappa shape index (κ2) is 7.48. The summed E-state index contributed by atoms with van der Waals surface area (Å²) in [6, 6.07) is 17.3. The molecule has 2 atom stereocenters. The van der Waals surface area contributed by atoms with Crippen molar-refractivity contribution in [2.45, 2.75) is 42.9 Å². The molecule has 2 aromatic carbocycles. The summed E-state index contributed by atoms with van der Waals surface area (Å²) in [7, 11) is 0. The molecular weight excluding hydrogens is 342 g/mol. The van der Waals surface area contributed by atoms with E-state index in [-0.39, 0.29) is 11.3 Å². The standard InChI is InChI=1S/C18H22BrNS/c1-12(2)14-7-9-17(10-8-14)21-18(13(3)20)15-5-4-6-16(19)11-15/h4-13,18H,20H2,1-3H3. The van der Waals surface area contributed by atoms with Gasteiger partial charge >= 0.3 is 0 Å². The smallest absolute Gasteiger partial charge is 0.0493 e. The lowest BCUT2D eigenvalue weighted by atomic mass is 10.0. The molecule has 0 aliphatic carbocycles. The van der Waals surface area contributed by atoms with Crippen molar-refractivity contribution < 1.29 is 0 Å². The van der Waals surface area contributed by atoms with Crippen molar-refractivity contribution in [3.05, 3.63) is 64.1 Å². The van der Waals surface area contributed by atoms with Crippen molar-refractivity contribution in [1.29, 1.82) is 0 Å². The Kier molecular flexibility index (Phi) is 5.91. The SMILES string of the molecule is CC(C)c1ccc(SC(c2cccc(Br)c2)C(C)N)cc1. The molecule has 0 bridgehead atoms. The van der Waals surface area contributed by atoms with Crippen LogP contribution in [0.5, 0.6) is 0 Å². The molecule has 0 fully saturated rings. The van der Waals surface area contributed by atoms with Crippen molar-refractivity contribution in [3.63, 3.8) is 0 Å². The maximum atomic E-state index is 6.21. The van der Waals surface area contributed by atoms with Crippen LogP contribution in [0.3, 0.4) is 0 Å². The number of hydrogen-bond acceptors (Lipinski definition) is 2. The minimum Gasteiger partial charge on any atom is -0.327 e. The number of benzene rings is 2. The van der Waals surface area contributed by atoms with E-state index in [9.17, 15) is 0 Å². The first kappa shape index (κ1) is 16.6. The summed E-state index contributed by atoms with van der Waals surface area (Å²) in [5.41, 5.74) is 8.84. The monoisotopic (exact) mass is 363 g/mol. The van der Waals surface area contributed by atoms with Crippen LogP contribution in [0.1, 0.15) is 43.1 Å². The summed E-state index contributed by atoms with van der Waals surface area (Å²) < 4.78 is 1.10. The molecule has 0 aliphatic heterocycles. The quantitative estimate of drug-likeness (QED) is 0.684. The number of hydrogen-bond donors (Lipinski definition) is 1. The molecule has 0 aliphatic rings. The Balaban J connectivity index is 2.20. The molecule has 21 heavy (non-hydrogen) atoms. The zero-order valence-electron chi connectivity index (χ0n) is 12.7. The van der Waals surface area contributed by atoms with Crippen LogP contribution >= 0.6 is 27.7 Å². The number of halogens is 1. The summed E-state index contributed by atoms with van der Waals surface area (Å²) in [4.78, 5) is 1.27. The topological polar surface area (TPSA) is 26.0 Å². The zero-order valence-corrected chi connectivity index (χ0v) is 15.1. The summed E-state index contributed by atoms with van der Waals surface area (Å²) in [6.07, 6.45) is 0. The van der Waals surface area contributed by atoms with E-state index in [0.29, 0.717) is 5.92 Å². The third-order valence-corrected chi connectivity index (χ3v) is 5.46. The molecule has 1 nitrogen and oxygen atoms in total. The molecule has 3 heteroatoms. The van der Waals surface area contributed by atoms with E-state index in [2.05, 4.69) is 79.2 Å². The fourth-order valence-electron chi connectivity index (χ4n) is 2.24. The highest BCUT2D eigenvalue weighted by Crippen LogP contribution is 2.38. The van der Waals surface area contributed by atoms with E-state index in [1.54, 1.807) is 0 Å². The van der Waals surface area contributed by atoms with Crippen molar-refractivity contribution in [3.8, 4) is 0 Å². The third kappa shape index (κ3) is 4.60. The average Bonchev–Trinajstić information content (AvgIpc) is 2.45. The Hall–Kier alpha value is -0.770. The van der Waals surface area contributed by atoms with Crippen molar-refractivity contribution >= 4 is 27.7 Å². The minimum atomic E-state index is 0.0917. The fraction of sp³-hybridized carbons (Fsp3) is 0.333. The van der Waals surface area contributed by atoms with Crippen LogP contribution in [-0.2, 0) is 0 Å². The molecule has 0 heterocycles.